The molecule has 17 heavy (non-hydrogen) atoms. The summed E-state index contributed by atoms with van der Waals surface area (Å²) in [5, 5.41) is 0. The zero-order chi connectivity index (χ0) is 11.9. The smallest absolute Gasteiger partial charge is 0.176 e. The van der Waals surface area contributed by atoms with Crippen LogP contribution in [0.25, 0.3) is 0 Å². The van der Waals surface area contributed by atoms with Crippen LogP contribution in [0.1, 0.15) is 19.3 Å². The fourth-order valence-corrected chi connectivity index (χ4v) is 3.78. The highest BCUT2D eigenvalue weighted by Crippen LogP contribution is 2.57. The number of ether oxygens (including phenoxy) is 2. The van der Waals surface area contributed by atoms with Crippen molar-refractivity contribution in [3.05, 3.63) is 24.8 Å². The number of allylic oxidation sites excluding steroid dienone is 2. The first-order valence-corrected chi connectivity index (χ1v) is 6.28. The van der Waals surface area contributed by atoms with Crippen molar-refractivity contribution in [2.75, 3.05) is 13.2 Å². The van der Waals surface area contributed by atoms with Crippen LogP contribution >= 0.6 is 0 Å². The monoisotopic (exact) mass is 234 g/mol. The van der Waals surface area contributed by atoms with E-state index in [2.05, 4.69) is 18.7 Å². The topological polar surface area (TPSA) is 35.5 Å². The van der Waals surface area contributed by atoms with Gasteiger partial charge in [-0.2, -0.15) is 0 Å². The van der Waals surface area contributed by atoms with E-state index in [1.165, 1.54) is 0 Å². The zero-order valence-corrected chi connectivity index (χ0v) is 9.93. The first-order chi connectivity index (χ1) is 8.25. The Hall–Kier alpha value is -0.930. The molecule has 3 aliphatic carbocycles. The quantitative estimate of drug-likeness (QED) is 0.554. The summed E-state index contributed by atoms with van der Waals surface area (Å²) < 4.78 is 11.7. The highest BCUT2D eigenvalue weighted by atomic mass is 16.7. The van der Waals surface area contributed by atoms with Gasteiger partial charge in [0.2, 0.25) is 0 Å². The van der Waals surface area contributed by atoms with Gasteiger partial charge in [-0.25, -0.2) is 0 Å². The molecular weight excluding hydrogens is 216 g/mol. The van der Waals surface area contributed by atoms with Crippen molar-refractivity contribution in [1.82, 2.24) is 0 Å². The molecule has 0 aromatic carbocycles. The van der Waals surface area contributed by atoms with E-state index in [-0.39, 0.29) is 11.3 Å². The van der Waals surface area contributed by atoms with Gasteiger partial charge in [-0.05, 0) is 18.8 Å². The van der Waals surface area contributed by atoms with Gasteiger partial charge in [0.05, 0.1) is 13.2 Å². The highest BCUT2D eigenvalue weighted by Gasteiger charge is 2.59. The van der Waals surface area contributed by atoms with Crippen LogP contribution in [0, 0.1) is 17.3 Å². The standard InChI is InChI=1S/C14H18O3/c1-2-5-13(10-15)8-11-3-4-12(13)14(9-11)16-6-7-17-14/h2-4,10-12H,1,5-9H2. The molecule has 4 aliphatic rings. The van der Waals surface area contributed by atoms with Crippen LogP contribution in [0.5, 0.6) is 0 Å². The SMILES string of the molecule is C=CCC1(C=O)CC2C=CC1C1(C2)OCCO1. The fraction of sp³-hybridized carbons (Fsp3) is 0.643. The van der Waals surface area contributed by atoms with E-state index < -0.39 is 5.79 Å². The lowest BCUT2D eigenvalue weighted by atomic mass is 9.56. The van der Waals surface area contributed by atoms with Gasteiger partial charge in [0, 0.05) is 17.8 Å². The molecule has 1 aliphatic heterocycles. The van der Waals surface area contributed by atoms with Crippen LogP contribution in [-0.2, 0) is 14.3 Å². The molecule has 92 valence electrons. The largest absolute Gasteiger partial charge is 0.347 e. The van der Waals surface area contributed by atoms with Crippen molar-refractivity contribution >= 4 is 6.29 Å². The van der Waals surface area contributed by atoms with Gasteiger partial charge in [-0.3, -0.25) is 0 Å². The summed E-state index contributed by atoms with van der Waals surface area (Å²) in [6.45, 7) is 5.06. The Bertz CT molecular complexity index is 368. The second-order valence-corrected chi connectivity index (χ2v) is 5.38. The van der Waals surface area contributed by atoms with Crippen LogP contribution in [-0.4, -0.2) is 25.3 Å². The second-order valence-electron chi connectivity index (χ2n) is 5.38. The molecule has 2 bridgehead atoms. The lowest BCUT2D eigenvalue weighted by Crippen LogP contribution is -2.56. The molecule has 3 unspecified atom stereocenters. The van der Waals surface area contributed by atoms with Gasteiger partial charge < -0.3 is 14.3 Å². The van der Waals surface area contributed by atoms with Crippen LogP contribution in [0.2, 0.25) is 0 Å². The number of hydrogen-bond acceptors (Lipinski definition) is 3. The average Bonchev–Trinajstić information content (AvgIpc) is 2.78. The molecule has 1 saturated heterocycles. The maximum Gasteiger partial charge on any atom is 0.176 e. The van der Waals surface area contributed by atoms with Crippen molar-refractivity contribution in [2.45, 2.75) is 25.0 Å². The molecule has 0 aromatic rings. The fourth-order valence-electron chi connectivity index (χ4n) is 3.78. The summed E-state index contributed by atoms with van der Waals surface area (Å²) in [7, 11) is 0. The summed E-state index contributed by atoms with van der Waals surface area (Å²) in [5.74, 6) is -0.108. The van der Waals surface area contributed by atoms with Gasteiger partial charge in [-0.15, -0.1) is 6.58 Å². The Morgan fingerprint density at radius 1 is 1.29 bits per heavy atom. The molecule has 0 aromatic heterocycles. The van der Waals surface area contributed by atoms with Gasteiger partial charge >= 0.3 is 0 Å². The predicted octanol–water partition coefficient (Wildman–Crippen LogP) is 2.09. The summed E-state index contributed by atoms with van der Waals surface area (Å²) in [5.41, 5.74) is -0.371. The summed E-state index contributed by atoms with van der Waals surface area (Å²) >= 11 is 0. The third-order valence-corrected chi connectivity index (χ3v) is 4.39. The van der Waals surface area contributed by atoms with Crippen molar-refractivity contribution in [3.8, 4) is 0 Å². The van der Waals surface area contributed by atoms with E-state index in [1.54, 1.807) is 0 Å². The Morgan fingerprint density at radius 2 is 2.06 bits per heavy atom. The number of fused-ring (bicyclic) bond motifs is 1. The number of rotatable bonds is 3. The molecule has 3 heteroatoms. The van der Waals surface area contributed by atoms with Gasteiger partial charge in [0.1, 0.15) is 6.29 Å². The van der Waals surface area contributed by atoms with Crippen molar-refractivity contribution in [2.24, 2.45) is 17.3 Å². The summed E-state index contributed by atoms with van der Waals surface area (Å²) in [4.78, 5) is 11.6. The van der Waals surface area contributed by atoms with Gasteiger partial charge in [0.15, 0.2) is 5.79 Å². The molecule has 3 nitrogen and oxygen atoms in total. The van der Waals surface area contributed by atoms with Crippen LogP contribution < -0.4 is 0 Å². The first-order valence-electron chi connectivity index (χ1n) is 6.28. The van der Waals surface area contributed by atoms with Crippen molar-refractivity contribution in [1.29, 1.82) is 0 Å². The molecular formula is C14H18O3. The molecule has 1 heterocycles. The third-order valence-electron chi connectivity index (χ3n) is 4.39. The Morgan fingerprint density at radius 3 is 2.65 bits per heavy atom. The maximum absolute atomic E-state index is 11.6. The Labute approximate surface area is 101 Å². The maximum atomic E-state index is 11.6. The minimum Gasteiger partial charge on any atom is -0.347 e. The number of carbonyl (C=O) groups excluding carboxylic acids is 1. The van der Waals surface area contributed by atoms with Gasteiger partial charge in [0.25, 0.3) is 0 Å². The van der Waals surface area contributed by atoms with E-state index in [0.717, 1.165) is 19.1 Å². The minimum absolute atomic E-state index is 0.0398. The average molecular weight is 234 g/mol. The molecule has 1 spiro atoms. The first kappa shape index (κ1) is 11.2. The zero-order valence-electron chi connectivity index (χ0n) is 9.93. The third kappa shape index (κ3) is 1.45. The van der Waals surface area contributed by atoms with E-state index in [4.69, 9.17) is 9.47 Å². The molecule has 0 radical (unpaired) electrons. The van der Waals surface area contributed by atoms with Crippen molar-refractivity contribution in [3.63, 3.8) is 0 Å². The highest BCUT2D eigenvalue weighted by molar-refractivity contribution is 5.63. The van der Waals surface area contributed by atoms with Crippen LogP contribution in [0.15, 0.2) is 24.8 Å². The Kier molecular flexibility index (Phi) is 2.49. The summed E-state index contributed by atoms with van der Waals surface area (Å²) in [6, 6.07) is 0. The summed E-state index contributed by atoms with van der Waals surface area (Å²) in [6.07, 6.45) is 9.77. The Balaban J connectivity index is 2.01. The van der Waals surface area contributed by atoms with Crippen molar-refractivity contribution < 1.29 is 14.3 Å². The molecule has 0 amide bonds. The number of aldehydes is 1. The molecule has 1 saturated carbocycles. The molecule has 2 fully saturated rings. The second kappa shape index (κ2) is 3.79. The lowest BCUT2D eigenvalue weighted by molar-refractivity contribution is -0.239. The van der Waals surface area contributed by atoms with Gasteiger partial charge in [-0.1, -0.05) is 18.2 Å². The number of carbonyl (C=O) groups is 1. The van der Waals surface area contributed by atoms with E-state index >= 15 is 0 Å². The van der Waals surface area contributed by atoms with E-state index in [1.807, 2.05) is 6.08 Å². The van der Waals surface area contributed by atoms with E-state index in [0.29, 0.717) is 25.6 Å². The molecule has 0 N–H and O–H groups in total. The molecule has 3 atom stereocenters. The van der Waals surface area contributed by atoms with Crippen LogP contribution in [0.4, 0.5) is 0 Å². The number of hydrogen-bond donors (Lipinski definition) is 0. The minimum atomic E-state index is -0.540. The van der Waals surface area contributed by atoms with Crippen LogP contribution in [0.3, 0.4) is 0 Å². The van der Waals surface area contributed by atoms with E-state index in [9.17, 15) is 4.79 Å². The normalized spacial score (nSPS) is 41.9. The molecule has 4 rings (SSSR count). The lowest BCUT2D eigenvalue weighted by Gasteiger charge is -2.53. The predicted molar refractivity (Wildman–Crippen MR) is 63.3 cm³/mol.